The van der Waals surface area contributed by atoms with Crippen LogP contribution >= 0.6 is 15.9 Å². The van der Waals surface area contributed by atoms with Gasteiger partial charge >= 0.3 is 0 Å². The lowest BCUT2D eigenvalue weighted by Gasteiger charge is -1.91. The van der Waals surface area contributed by atoms with Gasteiger partial charge in [-0.1, -0.05) is 22.0 Å². The molecule has 0 aliphatic carbocycles. The zero-order valence-electron chi connectivity index (χ0n) is 5.07. The lowest BCUT2D eigenvalue weighted by atomic mass is 10.2. The number of alkyl halides is 1. The molecule has 0 aliphatic rings. The summed E-state index contributed by atoms with van der Waals surface area (Å²) in [5.41, 5.74) is 0.838. The van der Waals surface area contributed by atoms with Crippen molar-refractivity contribution in [3.63, 3.8) is 0 Å². The van der Waals surface area contributed by atoms with Gasteiger partial charge in [-0.25, -0.2) is 0 Å². The number of hydrogen-bond acceptors (Lipinski definition) is 1. The number of allylic oxidation sites excluding steroid dienone is 2. The van der Waals surface area contributed by atoms with Crippen molar-refractivity contribution in [2.45, 2.75) is 13.8 Å². The second-order valence-corrected chi connectivity index (χ2v) is 2.06. The Bertz CT molecular complexity index is 116. The van der Waals surface area contributed by atoms with Gasteiger partial charge in [-0.2, -0.15) is 0 Å². The fourth-order valence-electron chi connectivity index (χ4n) is 0.375. The molecule has 0 aromatic rings. The maximum atomic E-state index is 10.5. The maximum absolute atomic E-state index is 10.5. The minimum atomic E-state index is 0.143. The molecule has 0 rings (SSSR count). The molecule has 0 unspecified atom stereocenters. The average molecular weight is 177 g/mol. The van der Waals surface area contributed by atoms with Gasteiger partial charge in [-0.3, -0.25) is 4.79 Å². The van der Waals surface area contributed by atoms with Gasteiger partial charge in [-0.15, -0.1) is 0 Å². The number of Topliss-reactive ketones (excluding diaryl/α,β-unsaturated/α-hetero) is 1. The smallest absolute Gasteiger partial charge is 0.156 e. The van der Waals surface area contributed by atoms with Crippen molar-refractivity contribution in [3.05, 3.63) is 11.6 Å². The van der Waals surface area contributed by atoms with Crippen molar-refractivity contribution in [2.24, 2.45) is 0 Å². The second kappa shape index (κ2) is 3.84. The standard InChI is InChI=1S/C6H9BrO/c1-3-6(4-7)5(2)8/h3H,4H2,1-2H3/b6-3+. The van der Waals surface area contributed by atoms with Crippen molar-refractivity contribution >= 4 is 21.7 Å². The summed E-state index contributed by atoms with van der Waals surface area (Å²) in [4.78, 5) is 10.5. The van der Waals surface area contributed by atoms with E-state index >= 15 is 0 Å². The lowest BCUT2D eigenvalue weighted by Crippen LogP contribution is -1.95. The number of halogens is 1. The summed E-state index contributed by atoms with van der Waals surface area (Å²) < 4.78 is 0. The fraction of sp³-hybridized carbons (Fsp3) is 0.500. The summed E-state index contributed by atoms with van der Waals surface area (Å²) in [5, 5.41) is 0.666. The van der Waals surface area contributed by atoms with Crippen LogP contribution in [0.3, 0.4) is 0 Å². The first-order chi connectivity index (χ1) is 3.72. The summed E-state index contributed by atoms with van der Waals surface area (Å²) in [6.07, 6.45) is 1.82. The molecule has 8 heavy (non-hydrogen) atoms. The van der Waals surface area contributed by atoms with Crippen molar-refractivity contribution < 1.29 is 4.79 Å². The first-order valence-corrected chi connectivity index (χ1v) is 3.56. The van der Waals surface area contributed by atoms with Crippen molar-refractivity contribution in [2.75, 3.05) is 5.33 Å². The number of carbonyl (C=O) groups excluding carboxylic acids is 1. The fourth-order valence-corrected chi connectivity index (χ4v) is 1.09. The molecule has 0 N–H and O–H groups in total. The van der Waals surface area contributed by atoms with Crippen LogP contribution in [0.25, 0.3) is 0 Å². The summed E-state index contributed by atoms with van der Waals surface area (Å²) in [7, 11) is 0. The van der Waals surface area contributed by atoms with E-state index in [4.69, 9.17) is 0 Å². The van der Waals surface area contributed by atoms with E-state index in [2.05, 4.69) is 15.9 Å². The summed E-state index contributed by atoms with van der Waals surface area (Å²) in [6.45, 7) is 3.43. The highest BCUT2D eigenvalue weighted by Crippen LogP contribution is 1.99. The average Bonchev–Trinajstić information content (AvgIpc) is 1.69. The third kappa shape index (κ3) is 2.26. The Hall–Kier alpha value is -0.110. The first-order valence-electron chi connectivity index (χ1n) is 2.44. The molecule has 0 saturated heterocycles. The van der Waals surface area contributed by atoms with E-state index in [1.54, 1.807) is 6.92 Å². The van der Waals surface area contributed by atoms with Crippen LogP contribution in [-0.2, 0) is 4.79 Å². The van der Waals surface area contributed by atoms with E-state index in [0.29, 0.717) is 5.33 Å². The third-order valence-electron chi connectivity index (χ3n) is 0.945. The van der Waals surface area contributed by atoms with E-state index in [9.17, 15) is 4.79 Å². The largest absolute Gasteiger partial charge is 0.295 e. The van der Waals surface area contributed by atoms with E-state index in [-0.39, 0.29) is 5.78 Å². The molecule has 46 valence electrons. The van der Waals surface area contributed by atoms with Crippen molar-refractivity contribution in [3.8, 4) is 0 Å². The lowest BCUT2D eigenvalue weighted by molar-refractivity contribution is -0.113. The Kier molecular flexibility index (Phi) is 3.79. The minimum Gasteiger partial charge on any atom is -0.295 e. The molecule has 0 aromatic heterocycles. The number of hydrogen-bond donors (Lipinski definition) is 0. The van der Waals surface area contributed by atoms with Crippen LogP contribution in [0.1, 0.15) is 13.8 Å². The Morgan fingerprint density at radius 3 is 2.25 bits per heavy atom. The number of ketones is 1. The zero-order valence-corrected chi connectivity index (χ0v) is 6.66. The van der Waals surface area contributed by atoms with Crippen LogP contribution in [0.5, 0.6) is 0 Å². The van der Waals surface area contributed by atoms with Gasteiger partial charge in [-0.05, 0) is 13.8 Å². The van der Waals surface area contributed by atoms with E-state index in [1.807, 2.05) is 13.0 Å². The zero-order chi connectivity index (χ0) is 6.57. The van der Waals surface area contributed by atoms with E-state index in [0.717, 1.165) is 5.57 Å². The van der Waals surface area contributed by atoms with Crippen LogP contribution in [0.15, 0.2) is 11.6 Å². The molecule has 0 fully saturated rings. The topological polar surface area (TPSA) is 17.1 Å². The molecule has 0 spiro atoms. The van der Waals surface area contributed by atoms with Crippen LogP contribution in [0.2, 0.25) is 0 Å². The molecule has 1 nitrogen and oxygen atoms in total. The highest BCUT2D eigenvalue weighted by atomic mass is 79.9. The SMILES string of the molecule is C/C=C(\CBr)C(C)=O. The molecule has 0 amide bonds. The Balaban J connectivity index is 3.92. The number of carbonyl (C=O) groups is 1. The van der Waals surface area contributed by atoms with Crippen LogP contribution in [-0.4, -0.2) is 11.1 Å². The Morgan fingerprint density at radius 1 is 1.75 bits per heavy atom. The molecule has 0 radical (unpaired) electrons. The van der Waals surface area contributed by atoms with Crippen LogP contribution < -0.4 is 0 Å². The van der Waals surface area contributed by atoms with Crippen LogP contribution in [0, 0.1) is 0 Å². The predicted molar refractivity (Wildman–Crippen MR) is 38.2 cm³/mol. The number of rotatable bonds is 2. The second-order valence-electron chi connectivity index (χ2n) is 1.50. The molecular formula is C6H9BrO. The molecular weight excluding hydrogens is 168 g/mol. The van der Waals surface area contributed by atoms with Gasteiger partial charge in [0.05, 0.1) is 0 Å². The molecule has 0 atom stereocenters. The van der Waals surface area contributed by atoms with Crippen molar-refractivity contribution in [1.29, 1.82) is 0 Å². The predicted octanol–water partition coefficient (Wildman–Crippen LogP) is 1.92. The van der Waals surface area contributed by atoms with Gasteiger partial charge in [0.1, 0.15) is 0 Å². The maximum Gasteiger partial charge on any atom is 0.156 e. The molecule has 0 aromatic carbocycles. The van der Waals surface area contributed by atoms with Gasteiger partial charge < -0.3 is 0 Å². The Morgan fingerprint density at radius 2 is 2.25 bits per heavy atom. The summed E-state index contributed by atoms with van der Waals surface area (Å²) in [6, 6.07) is 0. The normalized spacial score (nSPS) is 11.6. The quantitative estimate of drug-likeness (QED) is 0.465. The molecule has 0 saturated carbocycles. The highest BCUT2D eigenvalue weighted by molar-refractivity contribution is 9.09. The molecule has 0 heterocycles. The monoisotopic (exact) mass is 176 g/mol. The van der Waals surface area contributed by atoms with E-state index < -0.39 is 0 Å². The highest BCUT2D eigenvalue weighted by Gasteiger charge is 1.96. The molecule has 0 bridgehead atoms. The van der Waals surface area contributed by atoms with Crippen LogP contribution in [0.4, 0.5) is 0 Å². The van der Waals surface area contributed by atoms with Gasteiger partial charge in [0, 0.05) is 10.9 Å². The Labute approximate surface area is 57.9 Å². The summed E-state index contributed by atoms with van der Waals surface area (Å²) in [5.74, 6) is 0.143. The van der Waals surface area contributed by atoms with Crippen molar-refractivity contribution in [1.82, 2.24) is 0 Å². The molecule has 2 heteroatoms. The van der Waals surface area contributed by atoms with Gasteiger partial charge in [0.2, 0.25) is 0 Å². The minimum absolute atomic E-state index is 0.143. The summed E-state index contributed by atoms with van der Waals surface area (Å²) >= 11 is 3.19. The molecule has 0 aliphatic heterocycles. The first kappa shape index (κ1) is 7.89. The van der Waals surface area contributed by atoms with E-state index in [1.165, 1.54) is 0 Å². The van der Waals surface area contributed by atoms with Gasteiger partial charge in [0.25, 0.3) is 0 Å². The third-order valence-corrected chi connectivity index (χ3v) is 1.55. The van der Waals surface area contributed by atoms with Gasteiger partial charge in [0.15, 0.2) is 5.78 Å².